The molecule has 0 saturated carbocycles. The lowest BCUT2D eigenvalue weighted by Crippen LogP contribution is -2.52. The standard InChI is InChI=1S/C3H8N2.2CH4O3S/c4-3-1-5-2-3;2*1-5(2,3)4/h3,5H,1-2,4H2;2*1H3,(H,2,3,4). The zero-order chi connectivity index (χ0) is 12.7. The third kappa shape index (κ3) is 57.5. The minimum absolute atomic E-state index is 0.454. The van der Waals surface area contributed by atoms with Gasteiger partial charge >= 0.3 is 0 Å². The van der Waals surface area contributed by atoms with Gasteiger partial charge in [0.1, 0.15) is 0 Å². The molecule has 10 heteroatoms. The van der Waals surface area contributed by atoms with E-state index in [2.05, 4.69) is 5.32 Å². The summed E-state index contributed by atoms with van der Waals surface area (Å²) in [6, 6.07) is 0.454. The molecule has 1 saturated heterocycles. The van der Waals surface area contributed by atoms with Crippen LogP contribution in [0.5, 0.6) is 0 Å². The summed E-state index contributed by atoms with van der Waals surface area (Å²) in [5.41, 5.74) is 5.32. The number of hydrogen-bond acceptors (Lipinski definition) is 6. The van der Waals surface area contributed by atoms with Crippen LogP contribution < -0.4 is 11.1 Å². The molecule has 0 aromatic heterocycles. The highest BCUT2D eigenvalue weighted by atomic mass is 32.2. The maximum Gasteiger partial charge on any atom is 0.261 e. The molecule has 0 aromatic carbocycles. The SMILES string of the molecule is CS(=O)(=O)O.CS(=O)(=O)O.NC1CNC1. The van der Waals surface area contributed by atoms with Crippen LogP contribution in [0.25, 0.3) is 0 Å². The Labute approximate surface area is 89.4 Å². The van der Waals surface area contributed by atoms with Crippen LogP contribution >= 0.6 is 0 Å². The molecule has 0 aromatic rings. The van der Waals surface area contributed by atoms with E-state index < -0.39 is 20.2 Å². The van der Waals surface area contributed by atoms with Gasteiger partial charge in [0.25, 0.3) is 20.2 Å². The van der Waals surface area contributed by atoms with Gasteiger partial charge in [0, 0.05) is 19.1 Å². The molecule has 1 rings (SSSR count). The molecule has 1 aliphatic rings. The minimum Gasteiger partial charge on any atom is -0.326 e. The highest BCUT2D eigenvalue weighted by Gasteiger charge is 2.08. The molecule has 0 amide bonds. The predicted molar refractivity (Wildman–Crippen MR) is 55.8 cm³/mol. The fourth-order valence-corrected chi connectivity index (χ4v) is 0.311. The largest absolute Gasteiger partial charge is 0.326 e. The van der Waals surface area contributed by atoms with E-state index in [0.29, 0.717) is 18.6 Å². The Morgan fingerprint density at radius 3 is 1.20 bits per heavy atom. The van der Waals surface area contributed by atoms with Gasteiger partial charge in [0.15, 0.2) is 0 Å². The minimum atomic E-state index is -3.67. The van der Waals surface area contributed by atoms with Crippen LogP contribution in [0.1, 0.15) is 0 Å². The van der Waals surface area contributed by atoms with Crippen molar-refractivity contribution in [2.24, 2.45) is 5.73 Å². The van der Waals surface area contributed by atoms with Crippen molar-refractivity contribution >= 4 is 20.2 Å². The Morgan fingerprint density at radius 1 is 1.07 bits per heavy atom. The smallest absolute Gasteiger partial charge is 0.261 e. The molecular weight excluding hydrogens is 248 g/mol. The summed E-state index contributed by atoms with van der Waals surface area (Å²) in [5.74, 6) is 0. The van der Waals surface area contributed by atoms with E-state index in [0.717, 1.165) is 13.1 Å². The quantitative estimate of drug-likeness (QED) is 0.365. The summed E-state index contributed by atoms with van der Waals surface area (Å²) in [6.07, 6.45) is 1.43. The molecule has 15 heavy (non-hydrogen) atoms. The van der Waals surface area contributed by atoms with Gasteiger partial charge in [-0.1, -0.05) is 0 Å². The second-order valence-electron chi connectivity index (χ2n) is 2.88. The highest BCUT2D eigenvalue weighted by molar-refractivity contribution is 7.85. The summed E-state index contributed by atoms with van der Waals surface area (Å²) < 4.78 is 51.7. The van der Waals surface area contributed by atoms with E-state index in [1.807, 2.05) is 0 Å². The van der Waals surface area contributed by atoms with Gasteiger partial charge in [0.2, 0.25) is 0 Å². The average molecular weight is 264 g/mol. The van der Waals surface area contributed by atoms with Gasteiger partial charge in [-0.15, -0.1) is 0 Å². The van der Waals surface area contributed by atoms with Crippen LogP contribution in [-0.4, -0.2) is 57.6 Å². The van der Waals surface area contributed by atoms with Crippen molar-refractivity contribution in [3.05, 3.63) is 0 Å². The van der Waals surface area contributed by atoms with Crippen molar-refractivity contribution < 1.29 is 25.9 Å². The first-order chi connectivity index (χ1) is 6.39. The second-order valence-corrected chi connectivity index (χ2v) is 5.82. The lowest BCUT2D eigenvalue weighted by atomic mass is 10.2. The number of nitrogens with two attached hydrogens (primary N) is 1. The zero-order valence-electron chi connectivity index (χ0n) is 8.41. The third-order valence-electron chi connectivity index (χ3n) is 0.813. The molecule has 0 bridgehead atoms. The maximum atomic E-state index is 9.19. The van der Waals surface area contributed by atoms with Crippen LogP contribution in [-0.2, 0) is 20.2 Å². The van der Waals surface area contributed by atoms with E-state index >= 15 is 0 Å². The van der Waals surface area contributed by atoms with Crippen LogP contribution in [0, 0.1) is 0 Å². The number of nitrogens with one attached hydrogen (secondary N) is 1. The average Bonchev–Trinajstić information content (AvgIpc) is 1.74. The fraction of sp³-hybridized carbons (Fsp3) is 1.00. The molecule has 94 valence electrons. The molecule has 0 atom stereocenters. The highest BCUT2D eigenvalue weighted by Crippen LogP contribution is 1.80. The van der Waals surface area contributed by atoms with Gasteiger partial charge in [-0.05, 0) is 0 Å². The van der Waals surface area contributed by atoms with Crippen LogP contribution in [0.2, 0.25) is 0 Å². The maximum absolute atomic E-state index is 9.19. The monoisotopic (exact) mass is 264 g/mol. The summed E-state index contributed by atoms with van der Waals surface area (Å²) in [4.78, 5) is 0. The van der Waals surface area contributed by atoms with Gasteiger partial charge in [0.05, 0.1) is 12.5 Å². The summed E-state index contributed by atoms with van der Waals surface area (Å²) in [5, 5.41) is 3.04. The van der Waals surface area contributed by atoms with Crippen molar-refractivity contribution in [2.45, 2.75) is 6.04 Å². The molecule has 0 spiro atoms. The van der Waals surface area contributed by atoms with Crippen molar-refractivity contribution in [2.75, 3.05) is 25.6 Å². The summed E-state index contributed by atoms with van der Waals surface area (Å²) >= 11 is 0. The first-order valence-electron chi connectivity index (χ1n) is 3.71. The molecule has 1 aliphatic heterocycles. The van der Waals surface area contributed by atoms with Gasteiger partial charge in [-0.25, -0.2) is 0 Å². The Balaban J connectivity index is 0. The van der Waals surface area contributed by atoms with Gasteiger partial charge in [-0.2, -0.15) is 16.8 Å². The topological polar surface area (TPSA) is 147 Å². The lowest BCUT2D eigenvalue weighted by molar-refractivity contribution is 0.445. The zero-order valence-corrected chi connectivity index (χ0v) is 10.0. The molecule has 8 nitrogen and oxygen atoms in total. The summed E-state index contributed by atoms with van der Waals surface area (Å²) in [7, 11) is -7.33. The Morgan fingerprint density at radius 2 is 1.20 bits per heavy atom. The lowest BCUT2D eigenvalue weighted by Gasteiger charge is -2.21. The molecular formula is C5H16N2O6S2. The normalized spacial score (nSPS) is 16.3. The van der Waals surface area contributed by atoms with Crippen molar-refractivity contribution in [3.63, 3.8) is 0 Å². The summed E-state index contributed by atoms with van der Waals surface area (Å²) in [6.45, 7) is 2.03. The van der Waals surface area contributed by atoms with Crippen LogP contribution in [0.4, 0.5) is 0 Å². The molecule has 1 fully saturated rings. The van der Waals surface area contributed by atoms with Gasteiger partial charge in [-0.3, -0.25) is 9.11 Å². The second kappa shape index (κ2) is 7.09. The van der Waals surface area contributed by atoms with E-state index in [9.17, 15) is 16.8 Å². The molecule has 1 heterocycles. The predicted octanol–water partition coefficient (Wildman–Crippen LogP) is -2.08. The first-order valence-corrected chi connectivity index (χ1v) is 7.40. The van der Waals surface area contributed by atoms with E-state index in [1.54, 1.807) is 0 Å². The van der Waals surface area contributed by atoms with E-state index in [-0.39, 0.29) is 0 Å². The molecule has 0 aliphatic carbocycles. The first kappa shape index (κ1) is 17.1. The number of rotatable bonds is 0. The van der Waals surface area contributed by atoms with Crippen LogP contribution in [0.3, 0.4) is 0 Å². The molecule has 5 N–H and O–H groups in total. The Bertz CT molecular complexity index is 298. The Hall–Kier alpha value is -0.260. The van der Waals surface area contributed by atoms with E-state index in [1.165, 1.54) is 0 Å². The Kier molecular flexibility index (Phi) is 8.10. The van der Waals surface area contributed by atoms with Crippen molar-refractivity contribution in [1.29, 1.82) is 0 Å². The number of hydrogen-bond donors (Lipinski definition) is 4. The van der Waals surface area contributed by atoms with Gasteiger partial charge < -0.3 is 11.1 Å². The molecule has 0 unspecified atom stereocenters. The molecule has 0 radical (unpaired) electrons. The van der Waals surface area contributed by atoms with Crippen molar-refractivity contribution in [3.8, 4) is 0 Å². The third-order valence-corrected chi connectivity index (χ3v) is 0.813. The van der Waals surface area contributed by atoms with E-state index in [4.69, 9.17) is 14.8 Å². The fourth-order valence-electron chi connectivity index (χ4n) is 0.311. The van der Waals surface area contributed by atoms with Crippen LogP contribution in [0.15, 0.2) is 0 Å². The van der Waals surface area contributed by atoms with Crippen molar-refractivity contribution in [1.82, 2.24) is 5.32 Å².